The number of nitrogens with zero attached hydrogens (tertiary/aromatic N) is 2. The van der Waals surface area contributed by atoms with Gasteiger partial charge in [-0.3, -0.25) is 9.78 Å². The molecule has 2 aromatic rings. The van der Waals surface area contributed by atoms with Crippen LogP contribution in [0.5, 0.6) is 5.75 Å². The van der Waals surface area contributed by atoms with Crippen molar-refractivity contribution in [2.24, 2.45) is 5.10 Å². The first-order chi connectivity index (χ1) is 10.1. The van der Waals surface area contributed by atoms with Crippen molar-refractivity contribution >= 4 is 23.2 Å². The Labute approximate surface area is 127 Å². The van der Waals surface area contributed by atoms with Gasteiger partial charge in [-0.15, -0.1) is 0 Å². The van der Waals surface area contributed by atoms with Gasteiger partial charge < -0.3 is 4.74 Å². The summed E-state index contributed by atoms with van der Waals surface area (Å²) in [6.45, 7) is 1.68. The third-order valence-corrected chi connectivity index (χ3v) is 2.88. The number of amides is 1. The van der Waals surface area contributed by atoms with E-state index in [1.54, 1.807) is 43.6 Å². The topological polar surface area (TPSA) is 63.6 Å². The maximum atomic E-state index is 11.6. The van der Waals surface area contributed by atoms with Gasteiger partial charge >= 0.3 is 0 Å². The fraction of sp³-hybridized carbons (Fsp3) is 0.133. The monoisotopic (exact) mass is 303 g/mol. The molecule has 1 aromatic heterocycles. The molecule has 5 nitrogen and oxygen atoms in total. The molecule has 1 heterocycles. The molecule has 6 heteroatoms. The lowest BCUT2D eigenvalue weighted by atomic mass is 10.2. The highest BCUT2D eigenvalue weighted by Gasteiger charge is 2.03. The van der Waals surface area contributed by atoms with Crippen LogP contribution in [0.15, 0.2) is 53.9 Å². The maximum Gasteiger partial charge on any atom is 0.277 e. The molecule has 0 unspecified atom stereocenters. The van der Waals surface area contributed by atoms with E-state index < -0.39 is 0 Å². The second-order valence-corrected chi connectivity index (χ2v) is 4.65. The summed E-state index contributed by atoms with van der Waals surface area (Å²) in [7, 11) is 0. The minimum atomic E-state index is -0.335. The Balaban J connectivity index is 1.83. The van der Waals surface area contributed by atoms with Crippen LogP contribution in [-0.4, -0.2) is 23.2 Å². The average Bonchev–Trinajstić information content (AvgIpc) is 2.53. The molecule has 1 N–H and O–H groups in total. The highest BCUT2D eigenvalue weighted by molar-refractivity contribution is 6.30. The van der Waals surface area contributed by atoms with Crippen LogP contribution < -0.4 is 10.2 Å². The predicted molar refractivity (Wildman–Crippen MR) is 81.5 cm³/mol. The summed E-state index contributed by atoms with van der Waals surface area (Å²) >= 11 is 5.76. The highest BCUT2D eigenvalue weighted by Crippen LogP contribution is 2.15. The molecule has 0 saturated carbocycles. The molecule has 0 bridgehead atoms. The number of carbonyl (C=O) groups is 1. The van der Waals surface area contributed by atoms with Crippen LogP contribution in [0.2, 0.25) is 5.02 Å². The number of nitrogens with one attached hydrogen (secondary N) is 1. The van der Waals surface area contributed by atoms with E-state index in [2.05, 4.69) is 15.5 Å². The van der Waals surface area contributed by atoms with E-state index in [0.717, 1.165) is 5.56 Å². The Hall–Kier alpha value is -2.40. The van der Waals surface area contributed by atoms with Crippen LogP contribution in [0, 0.1) is 0 Å². The van der Waals surface area contributed by atoms with Gasteiger partial charge in [-0.05, 0) is 43.3 Å². The molecule has 0 radical (unpaired) electrons. The summed E-state index contributed by atoms with van der Waals surface area (Å²) in [5, 5.41) is 4.62. The molecular formula is C15H14ClN3O2. The number of rotatable bonds is 5. The van der Waals surface area contributed by atoms with Gasteiger partial charge in [0.15, 0.2) is 6.61 Å². The summed E-state index contributed by atoms with van der Waals surface area (Å²) in [4.78, 5) is 15.6. The van der Waals surface area contributed by atoms with Gasteiger partial charge in [-0.1, -0.05) is 11.6 Å². The number of hydrogen-bond acceptors (Lipinski definition) is 4. The molecule has 108 valence electrons. The maximum absolute atomic E-state index is 11.6. The van der Waals surface area contributed by atoms with Gasteiger partial charge in [0, 0.05) is 23.0 Å². The zero-order chi connectivity index (χ0) is 15.1. The molecule has 0 aliphatic heterocycles. The summed E-state index contributed by atoms with van der Waals surface area (Å²) in [5.74, 6) is 0.239. The van der Waals surface area contributed by atoms with E-state index in [1.165, 1.54) is 0 Å². The van der Waals surface area contributed by atoms with Crippen LogP contribution in [0.1, 0.15) is 12.5 Å². The number of carbonyl (C=O) groups excluding carboxylic acids is 1. The number of benzene rings is 1. The van der Waals surface area contributed by atoms with Crippen molar-refractivity contribution in [3.8, 4) is 5.75 Å². The zero-order valence-electron chi connectivity index (χ0n) is 11.4. The van der Waals surface area contributed by atoms with Gasteiger partial charge in [0.1, 0.15) is 5.75 Å². The molecule has 0 aliphatic carbocycles. The standard InChI is InChI=1S/C15H14ClN3O2/c1-11(12-6-8-17-9-7-12)18-19-15(20)10-21-14-4-2-13(16)3-5-14/h2-9H,10H2,1H3,(H,19,20). The number of halogens is 1. The Kier molecular flexibility index (Phi) is 5.29. The second-order valence-electron chi connectivity index (χ2n) is 4.21. The van der Waals surface area contributed by atoms with Crippen LogP contribution in [-0.2, 0) is 4.79 Å². The van der Waals surface area contributed by atoms with E-state index in [-0.39, 0.29) is 12.5 Å². The first-order valence-corrected chi connectivity index (χ1v) is 6.65. The number of aromatic nitrogens is 1. The third-order valence-electron chi connectivity index (χ3n) is 2.63. The summed E-state index contributed by atoms with van der Waals surface area (Å²) < 4.78 is 5.31. The highest BCUT2D eigenvalue weighted by atomic mass is 35.5. The average molecular weight is 304 g/mol. The minimum Gasteiger partial charge on any atom is -0.484 e. The van der Waals surface area contributed by atoms with Gasteiger partial charge in [-0.2, -0.15) is 5.10 Å². The number of hydrogen-bond donors (Lipinski definition) is 1. The Morgan fingerprint density at radius 3 is 2.57 bits per heavy atom. The first kappa shape index (κ1) is 15.0. The summed E-state index contributed by atoms with van der Waals surface area (Å²) in [6, 6.07) is 10.4. The van der Waals surface area contributed by atoms with Crippen LogP contribution in [0.25, 0.3) is 0 Å². The lowest BCUT2D eigenvalue weighted by molar-refractivity contribution is -0.123. The number of hydrazone groups is 1. The van der Waals surface area contributed by atoms with Crippen molar-refractivity contribution in [2.75, 3.05) is 6.61 Å². The molecule has 0 fully saturated rings. The number of pyridine rings is 1. The zero-order valence-corrected chi connectivity index (χ0v) is 12.2. The Morgan fingerprint density at radius 2 is 1.90 bits per heavy atom. The minimum absolute atomic E-state index is 0.116. The molecular weight excluding hydrogens is 290 g/mol. The number of ether oxygens (including phenoxy) is 1. The SMILES string of the molecule is CC(=NNC(=O)COc1ccc(Cl)cc1)c1ccncc1. The van der Waals surface area contributed by atoms with Crippen molar-refractivity contribution in [3.05, 3.63) is 59.4 Å². The third kappa shape index (κ3) is 4.89. The van der Waals surface area contributed by atoms with Crippen molar-refractivity contribution < 1.29 is 9.53 Å². The van der Waals surface area contributed by atoms with Gasteiger partial charge in [-0.25, -0.2) is 5.43 Å². The second kappa shape index (κ2) is 7.40. The first-order valence-electron chi connectivity index (χ1n) is 6.27. The van der Waals surface area contributed by atoms with Crippen LogP contribution >= 0.6 is 11.6 Å². The normalized spacial score (nSPS) is 11.0. The lowest BCUT2D eigenvalue weighted by Crippen LogP contribution is -2.25. The fourth-order valence-electron chi connectivity index (χ4n) is 1.52. The smallest absolute Gasteiger partial charge is 0.277 e. The Morgan fingerprint density at radius 1 is 1.24 bits per heavy atom. The lowest BCUT2D eigenvalue weighted by Gasteiger charge is -2.05. The molecule has 1 aromatic carbocycles. The van der Waals surface area contributed by atoms with Crippen molar-refractivity contribution in [1.29, 1.82) is 0 Å². The molecule has 0 aliphatic rings. The van der Waals surface area contributed by atoms with Gasteiger partial charge in [0.2, 0.25) is 0 Å². The molecule has 2 rings (SSSR count). The summed E-state index contributed by atoms with van der Waals surface area (Å²) in [5.41, 5.74) is 4.02. The predicted octanol–water partition coefficient (Wildman–Crippen LogP) is 2.65. The van der Waals surface area contributed by atoms with Crippen LogP contribution in [0.3, 0.4) is 0 Å². The quantitative estimate of drug-likeness (QED) is 0.682. The fourth-order valence-corrected chi connectivity index (χ4v) is 1.64. The van der Waals surface area contributed by atoms with E-state index in [4.69, 9.17) is 16.3 Å². The van der Waals surface area contributed by atoms with E-state index in [0.29, 0.717) is 16.5 Å². The molecule has 21 heavy (non-hydrogen) atoms. The molecule has 0 spiro atoms. The van der Waals surface area contributed by atoms with Crippen LogP contribution in [0.4, 0.5) is 0 Å². The van der Waals surface area contributed by atoms with E-state index in [1.807, 2.05) is 12.1 Å². The van der Waals surface area contributed by atoms with E-state index in [9.17, 15) is 4.79 Å². The summed E-state index contributed by atoms with van der Waals surface area (Å²) in [6.07, 6.45) is 3.33. The molecule has 0 atom stereocenters. The van der Waals surface area contributed by atoms with Crippen molar-refractivity contribution in [1.82, 2.24) is 10.4 Å². The van der Waals surface area contributed by atoms with E-state index >= 15 is 0 Å². The largest absolute Gasteiger partial charge is 0.484 e. The van der Waals surface area contributed by atoms with Gasteiger partial charge in [0.25, 0.3) is 5.91 Å². The molecule has 0 saturated heterocycles. The molecule has 1 amide bonds. The Bertz CT molecular complexity index is 627. The van der Waals surface area contributed by atoms with Gasteiger partial charge in [0.05, 0.1) is 5.71 Å². The van der Waals surface area contributed by atoms with Crippen molar-refractivity contribution in [3.63, 3.8) is 0 Å². The van der Waals surface area contributed by atoms with Crippen molar-refractivity contribution in [2.45, 2.75) is 6.92 Å².